The molecule has 3 aromatic rings. The van der Waals surface area contributed by atoms with E-state index in [9.17, 15) is 13.2 Å². The average Bonchev–Trinajstić information content (AvgIpc) is 3.04. The largest absolute Gasteiger partial charge is 0.378 e. The number of rotatable bonds is 6. The van der Waals surface area contributed by atoms with Crippen molar-refractivity contribution in [3.05, 3.63) is 98.9 Å². The predicted molar refractivity (Wildman–Crippen MR) is 138 cm³/mol. The van der Waals surface area contributed by atoms with E-state index in [1.165, 1.54) is 28.8 Å². The molecule has 1 heterocycles. The number of halogens is 1. The molecule has 1 amide bonds. The van der Waals surface area contributed by atoms with Gasteiger partial charge in [-0.2, -0.15) is 8.42 Å². The summed E-state index contributed by atoms with van der Waals surface area (Å²) in [5, 5.41) is 0. The van der Waals surface area contributed by atoms with E-state index in [4.69, 9.17) is 16.4 Å². The van der Waals surface area contributed by atoms with Crippen molar-refractivity contribution in [2.45, 2.75) is 18.4 Å². The zero-order valence-electron chi connectivity index (χ0n) is 17.4. The highest BCUT2D eigenvalue weighted by atomic mass is 79.9. The Morgan fingerprint density at radius 1 is 1.06 bits per heavy atom. The quantitative estimate of drug-likeness (QED) is 0.212. The van der Waals surface area contributed by atoms with E-state index in [1.54, 1.807) is 36.4 Å². The monoisotopic (exact) mass is 559 g/mol. The minimum Gasteiger partial charge on any atom is -0.378 e. The lowest BCUT2D eigenvalue weighted by atomic mass is 10.2. The third kappa shape index (κ3) is 5.55. The second kappa shape index (κ2) is 9.80. The summed E-state index contributed by atoms with van der Waals surface area (Å²) in [5.74, 6) is -0.117. The molecule has 9 heteroatoms. The van der Waals surface area contributed by atoms with Crippen LogP contribution in [-0.2, 0) is 21.5 Å². The lowest BCUT2D eigenvalue weighted by Crippen LogP contribution is -2.27. The minimum atomic E-state index is -4.05. The molecule has 0 radical (unpaired) electrons. The average molecular weight is 561 g/mol. The number of carbonyl (C=O) groups excluding carboxylic acids is 1. The Morgan fingerprint density at radius 2 is 1.76 bits per heavy atom. The normalized spacial score (nSPS) is 15.3. The summed E-state index contributed by atoms with van der Waals surface area (Å²) >= 11 is 10.00. The van der Waals surface area contributed by atoms with Gasteiger partial charge in [0.1, 0.15) is 15.0 Å². The molecule has 0 saturated carbocycles. The summed E-state index contributed by atoms with van der Waals surface area (Å²) in [4.78, 5) is 15.0. The van der Waals surface area contributed by atoms with Crippen LogP contribution in [0.25, 0.3) is 6.08 Å². The zero-order chi connectivity index (χ0) is 23.6. The number of nitrogens with zero attached hydrogens (tertiary/aromatic N) is 1. The third-order valence-corrected chi connectivity index (χ3v) is 7.94. The molecular weight excluding hydrogens is 542 g/mol. The van der Waals surface area contributed by atoms with E-state index < -0.39 is 10.1 Å². The van der Waals surface area contributed by atoms with Gasteiger partial charge < -0.3 is 4.18 Å². The number of hydrogen-bond acceptors (Lipinski definition) is 6. The minimum absolute atomic E-state index is 0.0520. The number of aryl methyl sites for hydroxylation is 1. The van der Waals surface area contributed by atoms with Gasteiger partial charge in [0, 0.05) is 10.0 Å². The van der Waals surface area contributed by atoms with Gasteiger partial charge in [-0.05, 0) is 48.9 Å². The van der Waals surface area contributed by atoms with Crippen molar-refractivity contribution < 1.29 is 17.4 Å². The number of hydrogen-bond donors (Lipinski definition) is 0. The van der Waals surface area contributed by atoms with Crippen molar-refractivity contribution in [2.24, 2.45) is 0 Å². The maximum Gasteiger partial charge on any atom is 0.339 e. The van der Waals surface area contributed by atoms with Crippen LogP contribution < -0.4 is 4.18 Å². The summed E-state index contributed by atoms with van der Waals surface area (Å²) in [6.07, 6.45) is 1.61. The maximum atomic E-state index is 13.0. The van der Waals surface area contributed by atoms with E-state index in [1.807, 2.05) is 37.3 Å². The second-order valence-electron chi connectivity index (χ2n) is 7.29. The molecule has 33 heavy (non-hydrogen) atoms. The Labute approximate surface area is 210 Å². The van der Waals surface area contributed by atoms with Gasteiger partial charge in [-0.15, -0.1) is 0 Å². The fourth-order valence-electron chi connectivity index (χ4n) is 3.12. The molecule has 0 aromatic heterocycles. The molecule has 1 aliphatic rings. The van der Waals surface area contributed by atoms with E-state index in [2.05, 4.69) is 15.9 Å². The molecular formula is C24H18BrNO4S3. The summed E-state index contributed by atoms with van der Waals surface area (Å²) in [6.45, 7) is 2.24. The van der Waals surface area contributed by atoms with E-state index >= 15 is 0 Å². The first-order valence-corrected chi connectivity index (χ1v) is 13.3. The second-order valence-corrected chi connectivity index (χ2v) is 11.4. The molecule has 4 rings (SSSR count). The maximum absolute atomic E-state index is 13.0. The van der Waals surface area contributed by atoms with Gasteiger partial charge in [0.25, 0.3) is 5.91 Å². The molecule has 0 unspecified atom stereocenters. The summed E-state index contributed by atoms with van der Waals surface area (Å²) in [6, 6.07) is 20.9. The zero-order valence-corrected chi connectivity index (χ0v) is 21.4. The van der Waals surface area contributed by atoms with Crippen LogP contribution in [0.5, 0.6) is 5.75 Å². The Bertz CT molecular complexity index is 1350. The highest BCUT2D eigenvalue weighted by molar-refractivity contribution is 9.10. The fraction of sp³-hybridized carbons (Fsp3) is 0.0833. The van der Waals surface area contributed by atoms with Gasteiger partial charge in [0.2, 0.25) is 0 Å². The molecule has 1 saturated heterocycles. The van der Waals surface area contributed by atoms with Gasteiger partial charge in [-0.3, -0.25) is 9.69 Å². The van der Waals surface area contributed by atoms with E-state index in [-0.39, 0.29) is 16.6 Å². The van der Waals surface area contributed by atoms with Crippen molar-refractivity contribution in [1.82, 2.24) is 4.90 Å². The highest BCUT2D eigenvalue weighted by Gasteiger charge is 2.32. The Kier molecular flexibility index (Phi) is 7.04. The summed E-state index contributed by atoms with van der Waals surface area (Å²) < 4.78 is 32.2. The van der Waals surface area contributed by atoms with Gasteiger partial charge >= 0.3 is 10.1 Å². The van der Waals surface area contributed by atoms with Crippen molar-refractivity contribution in [3.8, 4) is 5.75 Å². The number of carbonyl (C=O) groups is 1. The fourth-order valence-corrected chi connectivity index (χ4v) is 5.70. The number of thioether (sulfide) groups is 1. The molecule has 3 aromatic carbocycles. The van der Waals surface area contributed by atoms with E-state index in [0.29, 0.717) is 25.8 Å². The first-order valence-electron chi connectivity index (χ1n) is 9.83. The molecule has 1 aliphatic heterocycles. The number of amides is 1. The molecule has 0 N–H and O–H groups in total. The smallest absolute Gasteiger partial charge is 0.339 e. The number of benzene rings is 3. The highest BCUT2D eigenvalue weighted by Crippen LogP contribution is 2.36. The molecule has 1 fully saturated rings. The van der Waals surface area contributed by atoms with Crippen LogP contribution in [0.4, 0.5) is 0 Å². The molecule has 0 spiro atoms. The SMILES string of the molecule is Cc1ccc(S(=O)(=O)Oc2ccc(Br)cc2/C=C2\SC(=S)N(Cc3ccccc3)C2=O)cc1. The topological polar surface area (TPSA) is 63.7 Å². The molecule has 0 bridgehead atoms. The molecule has 0 aliphatic carbocycles. The van der Waals surface area contributed by atoms with Crippen LogP contribution in [0.15, 0.2) is 87.1 Å². The van der Waals surface area contributed by atoms with Crippen LogP contribution in [0.2, 0.25) is 0 Å². The molecule has 0 atom stereocenters. The third-order valence-electron chi connectivity index (χ3n) is 4.82. The van der Waals surface area contributed by atoms with Crippen LogP contribution in [0, 0.1) is 6.92 Å². The Balaban J connectivity index is 1.63. The Morgan fingerprint density at radius 3 is 2.45 bits per heavy atom. The van der Waals surface area contributed by atoms with Gasteiger partial charge in [-0.1, -0.05) is 87.9 Å². The van der Waals surface area contributed by atoms with Crippen LogP contribution >= 0.6 is 39.9 Å². The van der Waals surface area contributed by atoms with Crippen molar-refractivity contribution >= 4 is 66.3 Å². The summed E-state index contributed by atoms with van der Waals surface area (Å²) in [5.41, 5.74) is 2.35. The first-order chi connectivity index (χ1) is 15.7. The first kappa shape index (κ1) is 23.7. The molecule has 168 valence electrons. The van der Waals surface area contributed by atoms with Crippen molar-refractivity contribution in [2.75, 3.05) is 0 Å². The predicted octanol–water partition coefficient (Wildman–Crippen LogP) is 5.93. The lowest BCUT2D eigenvalue weighted by molar-refractivity contribution is -0.122. The standard InChI is InChI=1S/C24H18BrNO4S3/c1-16-7-10-20(11-8-16)33(28,29)30-21-12-9-19(25)13-18(21)14-22-23(27)26(24(31)32-22)15-17-5-3-2-4-6-17/h2-14H,15H2,1H3/b22-14-. The van der Waals surface area contributed by atoms with E-state index in [0.717, 1.165) is 11.1 Å². The Hall–Kier alpha value is -2.46. The van der Waals surface area contributed by atoms with Crippen molar-refractivity contribution in [1.29, 1.82) is 0 Å². The lowest BCUT2D eigenvalue weighted by Gasteiger charge is -2.14. The van der Waals surface area contributed by atoms with Gasteiger partial charge in [-0.25, -0.2) is 0 Å². The van der Waals surface area contributed by atoms with Gasteiger partial charge in [0.05, 0.1) is 11.4 Å². The van der Waals surface area contributed by atoms with Crippen LogP contribution in [0.1, 0.15) is 16.7 Å². The molecule has 5 nitrogen and oxygen atoms in total. The van der Waals surface area contributed by atoms with Crippen LogP contribution in [-0.4, -0.2) is 23.5 Å². The van der Waals surface area contributed by atoms with Gasteiger partial charge in [0.15, 0.2) is 0 Å². The van der Waals surface area contributed by atoms with Crippen molar-refractivity contribution in [3.63, 3.8) is 0 Å². The summed E-state index contributed by atoms with van der Waals surface area (Å²) in [7, 11) is -4.05. The van der Waals surface area contributed by atoms with Crippen LogP contribution in [0.3, 0.4) is 0 Å². The number of thiocarbonyl (C=S) groups is 1.